The van der Waals surface area contributed by atoms with Crippen LogP contribution < -0.4 is 5.32 Å². The molecule has 3 rings (SSSR count). The molecule has 0 atom stereocenters. The van der Waals surface area contributed by atoms with Crippen LogP contribution in [0.25, 0.3) is 10.8 Å². The highest BCUT2D eigenvalue weighted by Gasteiger charge is 2.19. The molecule has 0 fully saturated rings. The summed E-state index contributed by atoms with van der Waals surface area (Å²) in [6, 6.07) is 7.90. The first-order valence-corrected chi connectivity index (χ1v) is 9.19. The lowest BCUT2D eigenvalue weighted by molar-refractivity contribution is -0.119. The van der Waals surface area contributed by atoms with E-state index in [0.717, 1.165) is 11.3 Å². The molecule has 0 bridgehead atoms. The summed E-state index contributed by atoms with van der Waals surface area (Å²) in [5.41, 5.74) is 1.14. The van der Waals surface area contributed by atoms with E-state index >= 15 is 0 Å². The van der Waals surface area contributed by atoms with Crippen molar-refractivity contribution in [1.82, 2.24) is 15.0 Å². The van der Waals surface area contributed by atoms with Crippen molar-refractivity contribution in [3.8, 4) is 10.8 Å². The van der Waals surface area contributed by atoms with Crippen molar-refractivity contribution in [3.63, 3.8) is 0 Å². The second-order valence-electron chi connectivity index (χ2n) is 5.70. The van der Waals surface area contributed by atoms with Crippen molar-refractivity contribution in [1.29, 1.82) is 0 Å². The molecule has 3 aromatic rings. The van der Waals surface area contributed by atoms with Gasteiger partial charge in [-0.15, -0.1) is 11.3 Å². The van der Waals surface area contributed by atoms with Crippen molar-refractivity contribution in [2.75, 3.05) is 19.0 Å². The lowest BCUT2D eigenvalue weighted by Crippen LogP contribution is -2.21. The molecule has 1 aromatic carbocycles. The highest BCUT2D eigenvalue weighted by molar-refractivity contribution is 7.16. The van der Waals surface area contributed by atoms with Crippen LogP contribution in [0.15, 0.2) is 42.7 Å². The smallest absolute Gasteiger partial charge is 0.350 e. The Labute approximate surface area is 169 Å². The minimum Gasteiger partial charge on any atom is -0.465 e. The Morgan fingerprint density at radius 3 is 2.59 bits per heavy atom. The van der Waals surface area contributed by atoms with Crippen LogP contribution in [0.2, 0.25) is 0 Å². The molecule has 9 nitrogen and oxygen atoms in total. The van der Waals surface area contributed by atoms with E-state index in [1.165, 1.54) is 13.2 Å². The molecule has 0 unspecified atom stereocenters. The molecule has 29 heavy (non-hydrogen) atoms. The predicted octanol–water partition coefficient (Wildman–Crippen LogP) is 2.49. The van der Waals surface area contributed by atoms with Gasteiger partial charge >= 0.3 is 11.9 Å². The fraction of sp³-hybridized carbons (Fsp3) is 0.158. The third-order valence-electron chi connectivity index (χ3n) is 3.64. The summed E-state index contributed by atoms with van der Waals surface area (Å²) in [4.78, 5) is 48.7. The van der Waals surface area contributed by atoms with Gasteiger partial charge in [0, 0.05) is 18.1 Å². The van der Waals surface area contributed by atoms with Gasteiger partial charge in [0.15, 0.2) is 17.4 Å². The number of aromatic nitrogens is 3. The molecule has 0 saturated heterocycles. The zero-order valence-electron chi connectivity index (χ0n) is 15.5. The molecule has 2 heterocycles. The number of nitrogens with zero attached hydrogens (tertiary/aromatic N) is 3. The summed E-state index contributed by atoms with van der Waals surface area (Å²) < 4.78 is 9.71. The maximum Gasteiger partial charge on any atom is 0.350 e. The van der Waals surface area contributed by atoms with Crippen LogP contribution in [0.3, 0.4) is 0 Å². The van der Waals surface area contributed by atoms with Gasteiger partial charge in [0.2, 0.25) is 0 Å². The number of ether oxygens (including phenoxy) is 2. The van der Waals surface area contributed by atoms with E-state index in [1.807, 2.05) is 0 Å². The molecule has 148 valence electrons. The first kappa shape index (κ1) is 20.1. The Morgan fingerprint density at radius 1 is 1.10 bits per heavy atom. The number of hydrogen-bond acceptors (Lipinski definition) is 9. The molecule has 0 aliphatic carbocycles. The van der Waals surface area contributed by atoms with Crippen molar-refractivity contribution in [2.24, 2.45) is 0 Å². The second-order valence-corrected chi connectivity index (χ2v) is 6.70. The van der Waals surface area contributed by atoms with Crippen LogP contribution in [-0.2, 0) is 14.3 Å². The quantitative estimate of drug-likeness (QED) is 0.613. The van der Waals surface area contributed by atoms with Crippen LogP contribution >= 0.6 is 11.3 Å². The molecular weight excluding hydrogens is 396 g/mol. The molecule has 0 aliphatic heterocycles. The molecule has 2 aromatic heterocycles. The maximum atomic E-state index is 12.3. The monoisotopic (exact) mass is 412 g/mol. The van der Waals surface area contributed by atoms with Gasteiger partial charge in [0.05, 0.1) is 18.4 Å². The summed E-state index contributed by atoms with van der Waals surface area (Å²) in [6.45, 7) is 1.17. The number of nitrogens with one attached hydrogen (secondary N) is 1. The van der Waals surface area contributed by atoms with Gasteiger partial charge in [-0.2, -0.15) is 0 Å². The van der Waals surface area contributed by atoms with Crippen molar-refractivity contribution >= 4 is 34.9 Å². The zero-order valence-corrected chi connectivity index (χ0v) is 16.4. The molecule has 10 heteroatoms. The first-order chi connectivity index (χ1) is 14.0. The number of benzene rings is 1. The highest BCUT2D eigenvalue weighted by Crippen LogP contribution is 2.25. The number of aryl methyl sites for hydroxylation is 1. The maximum absolute atomic E-state index is 12.3. The van der Waals surface area contributed by atoms with Crippen LogP contribution in [0.1, 0.15) is 25.7 Å². The third kappa shape index (κ3) is 4.99. The van der Waals surface area contributed by atoms with Crippen LogP contribution in [0.4, 0.5) is 5.69 Å². The standard InChI is InChI=1S/C19H16N4O5S/c1-11-15(29-17(22-11)16-20-7-4-8-21-16)19(26)28-10-14(24)23-13-6-3-5-12(9-13)18(25)27-2/h3-9H,10H2,1-2H3,(H,23,24). The van der Waals surface area contributed by atoms with Crippen LogP contribution in [-0.4, -0.2) is 46.5 Å². The van der Waals surface area contributed by atoms with Gasteiger partial charge in [-0.25, -0.2) is 24.5 Å². The minimum atomic E-state index is -0.666. The number of anilines is 1. The van der Waals surface area contributed by atoms with Crippen LogP contribution in [0, 0.1) is 6.92 Å². The molecule has 1 N–H and O–H groups in total. The number of amides is 1. The summed E-state index contributed by atoms with van der Waals surface area (Å²) in [6.07, 6.45) is 3.16. The zero-order chi connectivity index (χ0) is 20.8. The third-order valence-corrected chi connectivity index (χ3v) is 4.77. The molecule has 0 aliphatic rings. The Balaban J connectivity index is 1.60. The van der Waals surface area contributed by atoms with E-state index in [9.17, 15) is 14.4 Å². The number of thiazole rings is 1. The summed E-state index contributed by atoms with van der Waals surface area (Å²) in [5, 5.41) is 3.04. The van der Waals surface area contributed by atoms with E-state index < -0.39 is 24.5 Å². The average molecular weight is 412 g/mol. The van der Waals surface area contributed by atoms with E-state index in [1.54, 1.807) is 43.6 Å². The Morgan fingerprint density at radius 2 is 1.86 bits per heavy atom. The van der Waals surface area contributed by atoms with Gasteiger partial charge in [0.1, 0.15) is 4.88 Å². The number of hydrogen-bond donors (Lipinski definition) is 1. The number of esters is 2. The van der Waals surface area contributed by atoms with Gasteiger partial charge in [0.25, 0.3) is 5.91 Å². The SMILES string of the molecule is COC(=O)c1cccc(NC(=O)COC(=O)c2sc(-c3ncccn3)nc2C)c1. The molecular formula is C19H16N4O5S. The Bertz CT molecular complexity index is 1050. The molecule has 0 radical (unpaired) electrons. The largest absolute Gasteiger partial charge is 0.465 e. The number of carbonyl (C=O) groups excluding carboxylic acids is 3. The molecule has 0 saturated carbocycles. The minimum absolute atomic E-state index is 0.271. The van der Waals surface area contributed by atoms with Crippen molar-refractivity contribution in [3.05, 3.63) is 58.9 Å². The van der Waals surface area contributed by atoms with E-state index in [-0.39, 0.29) is 4.88 Å². The lowest BCUT2D eigenvalue weighted by Gasteiger charge is -2.07. The fourth-order valence-corrected chi connectivity index (χ4v) is 3.23. The van der Waals surface area contributed by atoms with Crippen LogP contribution in [0.5, 0.6) is 0 Å². The number of methoxy groups -OCH3 is 1. The Hall–Kier alpha value is -3.66. The van der Waals surface area contributed by atoms with E-state index in [2.05, 4.69) is 25.0 Å². The van der Waals surface area contributed by atoms with E-state index in [0.29, 0.717) is 27.8 Å². The predicted molar refractivity (Wildman–Crippen MR) is 105 cm³/mol. The normalized spacial score (nSPS) is 10.3. The summed E-state index contributed by atoms with van der Waals surface area (Å²) in [7, 11) is 1.27. The Kier molecular flexibility index (Phi) is 6.25. The average Bonchev–Trinajstić information content (AvgIpc) is 3.14. The fourth-order valence-electron chi connectivity index (χ4n) is 2.33. The van der Waals surface area contributed by atoms with Crippen molar-refractivity contribution < 1.29 is 23.9 Å². The molecule has 1 amide bonds. The van der Waals surface area contributed by atoms with Gasteiger partial charge in [-0.1, -0.05) is 6.07 Å². The van der Waals surface area contributed by atoms with Gasteiger partial charge in [-0.05, 0) is 31.2 Å². The lowest BCUT2D eigenvalue weighted by atomic mass is 10.2. The first-order valence-electron chi connectivity index (χ1n) is 8.38. The summed E-state index contributed by atoms with van der Waals surface area (Å²) in [5.74, 6) is -1.33. The van der Waals surface area contributed by atoms with Crippen molar-refractivity contribution in [2.45, 2.75) is 6.92 Å². The summed E-state index contributed by atoms with van der Waals surface area (Å²) >= 11 is 1.09. The molecule has 0 spiro atoms. The topological polar surface area (TPSA) is 120 Å². The van der Waals surface area contributed by atoms with Gasteiger partial charge in [-0.3, -0.25) is 4.79 Å². The number of carbonyl (C=O) groups is 3. The van der Waals surface area contributed by atoms with Gasteiger partial charge < -0.3 is 14.8 Å². The number of rotatable bonds is 6. The highest BCUT2D eigenvalue weighted by atomic mass is 32.1. The second kappa shape index (κ2) is 9.02. The van der Waals surface area contributed by atoms with E-state index in [4.69, 9.17) is 4.74 Å².